The van der Waals surface area contributed by atoms with Crippen molar-refractivity contribution in [3.63, 3.8) is 0 Å². The maximum atomic E-state index is 12.3. The molecule has 0 bridgehead atoms. The van der Waals surface area contributed by atoms with Crippen molar-refractivity contribution in [2.75, 3.05) is 26.3 Å². The summed E-state index contributed by atoms with van der Waals surface area (Å²) >= 11 is 0. The molecule has 1 saturated heterocycles. The van der Waals surface area contributed by atoms with Crippen LogP contribution in [0.5, 0.6) is 0 Å². The predicted octanol–water partition coefficient (Wildman–Crippen LogP) is 6.53. The van der Waals surface area contributed by atoms with E-state index in [9.17, 15) is 4.79 Å². The van der Waals surface area contributed by atoms with E-state index in [0.717, 1.165) is 37.3 Å². The Balaban J connectivity index is 0.000000750. The summed E-state index contributed by atoms with van der Waals surface area (Å²) in [6.45, 7) is 16.0. The van der Waals surface area contributed by atoms with Gasteiger partial charge in [-0.25, -0.2) is 4.31 Å². The molecule has 3 heterocycles. The number of furan rings is 1. The molecule has 3 aromatic rings. The van der Waals surface area contributed by atoms with Crippen molar-refractivity contribution in [1.29, 1.82) is 0 Å². The number of nitrogens with one attached hydrogen (secondary N) is 1. The van der Waals surface area contributed by atoms with Crippen molar-refractivity contribution in [3.05, 3.63) is 60.1 Å². The Labute approximate surface area is 207 Å². The van der Waals surface area contributed by atoms with Crippen LogP contribution < -0.4 is 5.32 Å². The number of amides is 1. The number of fused-ring (bicyclic) bond motifs is 1. The zero-order valence-corrected chi connectivity index (χ0v) is 22.4. The van der Waals surface area contributed by atoms with Gasteiger partial charge in [0.05, 0.1) is 19.4 Å². The Kier molecular flexibility index (Phi) is 14.8. The van der Waals surface area contributed by atoms with Crippen LogP contribution in [0, 0.1) is 0 Å². The van der Waals surface area contributed by atoms with Crippen LogP contribution >= 0.6 is 10.7 Å². The molecular formula is C27H41N3O3S. The number of rotatable bonds is 5. The van der Waals surface area contributed by atoms with Gasteiger partial charge in [-0.05, 0) is 29.8 Å². The van der Waals surface area contributed by atoms with Gasteiger partial charge in [-0.2, -0.15) is 0 Å². The third-order valence-corrected chi connectivity index (χ3v) is 6.28. The van der Waals surface area contributed by atoms with Crippen LogP contribution in [-0.4, -0.2) is 47.4 Å². The van der Waals surface area contributed by atoms with E-state index in [-0.39, 0.29) is 16.6 Å². The second-order valence-electron chi connectivity index (χ2n) is 6.96. The van der Waals surface area contributed by atoms with Crippen LogP contribution in [0.4, 0.5) is 0 Å². The van der Waals surface area contributed by atoms with Gasteiger partial charge in [0.2, 0.25) is 0 Å². The highest BCUT2D eigenvalue weighted by Crippen LogP contribution is 2.29. The van der Waals surface area contributed by atoms with Gasteiger partial charge in [0, 0.05) is 36.1 Å². The standard InChI is InChI=1S/C20H21N3O3S.C3H8.2C2H6/c1-27(23-8-10-25-11-9-23)17-4-2-15(3-5-17)13-22-20(24)18-12-16-6-7-21-14-19(16)26-18;1-3-2;2*1-2/h2-7,12,14H,1,8-11,13H2,(H,22,24);3H2,1-2H3;2*1-2H3. The minimum absolute atomic E-state index is 0.185. The van der Waals surface area contributed by atoms with E-state index in [2.05, 4.69) is 46.5 Å². The smallest absolute Gasteiger partial charge is 0.287 e. The van der Waals surface area contributed by atoms with Gasteiger partial charge in [-0.15, -0.1) is 0 Å². The van der Waals surface area contributed by atoms with E-state index in [1.807, 2.05) is 45.9 Å². The van der Waals surface area contributed by atoms with Crippen molar-refractivity contribution in [2.45, 2.75) is 59.4 Å². The Morgan fingerprint density at radius 1 is 1.09 bits per heavy atom. The van der Waals surface area contributed by atoms with Crippen molar-refractivity contribution < 1.29 is 13.9 Å². The lowest BCUT2D eigenvalue weighted by Gasteiger charge is -2.29. The zero-order valence-electron chi connectivity index (χ0n) is 21.6. The lowest BCUT2D eigenvalue weighted by molar-refractivity contribution is 0.0771. The minimum atomic E-state index is -0.236. The largest absolute Gasteiger partial charge is 0.449 e. The Bertz CT molecular complexity index is 947. The summed E-state index contributed by atoms with van der Waals surface area (Å²) in [5, 5.41) is 3.76. The molecule has 34 heavy (non-hydrogen) atoms. The molecule has 188 valence electrons. The van der Waals surface area contributed by atoms with Gasteiger partial charge in [-0.3, -0.25) is 9.78 Å². The molecule has 1 amide bonds. The van der Waals surface area contributed by atoms with Crippen LogP contribution in [0.25, 0.3) is 11.0 Å². The molecule has 1 aliphatic heterocycles. The molecule has 1 N–H and O–H groups in total. The number of carbonyl (C=O) groups excluding carboxylic acids is 1. The fraction of sp³-hybridized carbons (Fsp3) is 0.444. The molecule has 7 heteroatoms. The van der Waals surface area contributed by atoms with Crippen molar-refractivity contribution in [3.8, 4) is 0 Å². The molecule has 0 spiro atoms. The third-order valence-electron chi connectivity index (χ3n) is 4.48. The lowest BCUT2D eigenvalue weighted by atomic mass is 10.2. The number of pyridine rings is 1. The Morgan fingerprint density at radius 3 is 2.29 bits per heavy atom. The van der Waals surface area contributed by atoms with E-state index < -0.39 is 0 Å². The van der Waals surface area contributed by atoms with Crippen LogP contribution in [0.3, 0.4) is 0 Å². The van der Waals surface area contributed by atoms with Crippen LogP contribution in [-0.2, 0) is 11.3 Å². The maximum Gasteiger partial charge on any atom is 0.287 e. The molecule has 0 saturated carbocycles. The van der Waals surface area contributed by atoms with Gasteiger partial charge < -0.3 is 14.5 Å². The summed E-state index contributed by atoms with van der Waals surface area (Å²) < 4.78 is 13.3. The Hall–Kier alpha value is -2.48. The summed E-state index contributed by atoms with van der Waals surface area (Å²) in [5.74, 6) is 4.36. The highest BCUT2D eigenvalue weighted by Gasteiger charge is 2.14. The van der Waals surface area contributed by atoms with E-state index in [4.69, 9.17) is 9.15 Å². The summed E-state index contributed by atoms with van der Waals surface area (Å²) in [4.78, 5) is 17.5. The SMILES string of the molecule is C=S(c1ccc(CNC(=O)c2cc3ccncc3o2)cc1)N1CCOCC1.CC.CC.CCC. The minimum Gasteiger partial charge on any atom is -0.449 e. The second kappa shape index (κ2) is 17.0. The molecule has 1 fully saturated rings. The number of benzene rings is 1. The topological polar surface area (TPSA) is 67.6 Å². The highest BCUT2D eigenvalue weighted by atomic mass is 32.2. The molecule has 6 nitrogen and oxygen atoms in total. The van der Waals surface area contributed by atoms with Crippen LogP contribution in [0.1, 0.15) is 64.1 Å². The quantitative estimate of drug-likeness (QED) is 0.414. The average Bonchev–Trinajstić information content (AvgIpc) is 3.35. The first-order valence-corrected chi connectivity index (χ1v) is 13.5. The molecule has 2 aromatic heterocycles. The fourth-order valence-electron chi connectivity index (χ4n) is 2.95. The van der Waals surface area contributed by atoms with Crippen molar-refractivity contribution in [2.24, 2.45) is 0 Å². The molecular weight excluding hydrogens is 446 g/mol. The molecule has 4 rings (SSSR count). The molecule has 0 aliphatic carbocycles. The number of carbonyl (C=O) groups is 1. The second-order valence-corrected chi connectivity index (χ2v) is 8.68. The van der Waals surface area contributed by atoms with Crippen LogP contribution in [0.2, 0.25) is 0 Å². The van der Waals surface area contributed by atoms with Crippen molar-refractivity contribution >= 4 is 33.4 Å². The number of morpholine rings is 1. The number of nitrogens with zero attached hydrogens (tertiary/aromatic N) is 2. The van der Waals surface area contributed by atoms with Gasteiger partial charge in [0.15, 0.2) is 11.3 Å². The number of hydrogen-bond acceptors (Lipinski definition) is 5. The Morgan fingerprint density at radius 2 is 1.71 bits per heavy atom. The molecule has 1 aliphatic rings. The molecule has 1 atom stereocenters. The van der Waals surface area contributed by atoms with Gasteiger partial charge in [0.1, 0.15) is 0 Å². The maximum absolute atomic E-state index is 12.3. The zero-order chi connectivity index (χ0) is 25.3. The monoisotopic (exact) mass is 487 g/mol. The average molecular weight is 488 g/mol. The normalized spacial score (nSPS) is 13.8. The van der Waals surface area contributed by atoms with E-state index in [0.29, 0.717) is 17.9 Å². The molecule has 0 radical (unpaired) electrons. The summed E-state index contributed by atoms with van der Waals surface area (Å²) in [6, 6.07) is 11.8. The number of aromatic nitrogens is 1. The highest BCUT2D eigenvalue weighted by molar-refractivity contribution is 8.12. The summed E-state index contributed by atoms with van der Waals surface area (Å²) in [5.41, 5.74) is 1.64. The van der Waals surface area contributed by atoms with E-state index >= 15 is 0 Å². The predicted molar refractivity (Wildman–Crippen MR) is 146 cm³/mol. The van der Waals surface area contributed by atoms with E-state index in [1.165, 1.54) is 11.3 Å². The third kappa shape index (κ3) is 9.05. The molecule has 1 aromatic carbocycles. The van der Waals surface area contributed by atoms with Gasteiger partial charge in [0.25, 0.3) is 5.91 Å². The van der Waals surface area contributed by atoms with Gasteiger partial charge in [-0.1, -0.05) is 76.6 Å². The summed E-state index contributed by atoms with van der Waals surface area (Å²) in [7, 11) is -0.185. The first kappa shape index (κ1) is 29.6. The van der Waals surface area contributed by atoms with E-state index in [1.54, 1.807) is 18.5 Å². The van der Waals surface area contributed by atoms with Crippen LogP contribution in [0.15, 0.2) is 58.1 Å². The van der Waals surface area contributed by atoms with Crippen molar-refractivity contribution in [1.82, 2.24) is 14.6 Å². The number of ether oxygens (including phenoxy) is 1. The lowest BCUT2D eigenvalue weighted by Crippen LogP contribution is -2.32. The first-order chi connectivity index (χ1) is 16.6. The molecule has 1 unspecified atom stereocenters. The number of hydrogen-bond donors (Lipinski definition) is 1. The summed E-state index contributed by atoms with van der Waals surface area (Å²) in [6.07, 6.45) is 4.53. The first-order valence-electron chi connectivity index (χ1n) is 12.2. The fourth-order valence-corrected chi connectivity index (χ4v) is 4.28. The van der Waals surface area contributed by atoms with Gasteiger partial charge >= 0.3 is 0 Å².